The van der Waals surface area contributed by atoms with E-state index >= 15 is 0 Å². The number of aliphatic imine (C=N–C) groups is 1. The van der Waals surface area contributed by atoms with Crippen LogP contribution in [-0.2, 0) is 19.6 Å². The van der Waals surface area contributed by atoms with Gasteiger partial charge in [-0.1, -0.05) is 24.3 Å². The highest BCUT2D eigenvalue weighted by Crippen LogP contribution is 2.08. The van der Waals surface area contributed by atoms with Gasteiger partial charge in [-0.15, -0.1) is 24.0 Å². The number of imidazole rings is 1. The van der Waals surface area contributed by atoms with E-state index in [4.69, 9.17) is 0 Å². The van der Waals surface area contributed by atoms with Crippen LogP contribution in [0, 0.1) is 0 Å². The summed E-state index contributed by atoms with van der Waals surface area (Å²) in [6.45, 7) is 5.19. The van der Waals surface area contributed by atoms with Crippen molar-refractivity contribution in [3.63, 3.8) is 0 Å². The summed E-state index contributed by atoms with van der Waals surface area (Å²) in [4.78, 5) is 8.73. The fraction of sp³-hybridized carbons (Fsp3) is 0.263. The third-order valence-corrected chi connectivity index (χ3v) is 4.45. The normalized spacial score (nSPS) is 11.0. The van der Waals surface area contributed by atoms with Crippen molar-refractivity contribution in [2.24, 2.45) is 4.99 Å². The lowest BCUT2D eigenvalue weighted by molar-refractivity contribution is 0.788. The Morgan fingerprint density at radius 2 is 2.08 bits per heavy atom. The maximum Gasteiger partial charge on any atom is 0.191 e. The van der Waals surface area contributed by atoms with Crippen molar-refractivity contribution < 1.29 is 0 Å². The molecule has 3 aromatic rings. The topological polar surface area (TPSA) is 54.2 Å². The molecule has 138 valence electrons. The van der Waals surface area contributed by atoms with Gasteiger partial charge in [0, 0.05) is 32.0 Å². The molecule has 2 aromatic heterocycles. The Labute approximate surface area is 175 Å². The first-order valence-corrected chi connectivity index (χ1v) is 9.34. The molecule has 0 fully saturated rings. The second kappa shape index (κ2) is 11.0. The Kier molecular flexibility index (Phi) is 8.63. The van der Waals surface area contributed by atoms with Crippen LogP contribution in [0.1, 0.15) is 23.6 Å². The summed E-state index contributed by atoms with van der Waals surface area (Å²) in [5, 5.41) is 10.9. The van der Waals surface area contributed by atoms with E-state index in [1.54, 1.807) is 17.5 Å². The zero-order valence-electron chi connectivity index (χ0n) is 14.8. The Balaban J connectivity index is 0.00000243. The summed E-state index contributed by atoms with van der Waals surface area (Å²) < 4.78 is 2.07. The summed E-state index contributed by atoms with van der Waals surface area (Å²) in [6.07, 6.45) is 5.62. The molecule has 0 radical (unpaired) electrons. The standard InChI is InChI=1S/C19H23N5S.HI/c1-2-21-19(23-12-18-6-9-25-14-18)22-11-16-4-3-5-17(10-16)13-24-8-7-20-15-24;/h3-10,14-15H,2,11-13H2,1H3,(H2,21,22,23);1H. The predicted molar refractivity (Wildman–Crippen MR) is 119 cm³/mol. The van der Waals surface area contributed by atoms with Gasteiger partial charge in [-0.2, -0.15) is 11.3 Å². The molecule has 0 saturated carbocycles. The van der Waals surface area contributed by atoms with Gasteiger partial charge < -0.3 is 15.2 Å². The highest BCUT2D eigenvalue weighted by molar-refractivity contribution is 14.0. The molecule has 0 aliphatic rings. The molecule has 0 amide bonds. The lowest BCUT2D eigenvalue weighted by Gasteiger charge is -2.12. The minimum atomic E-state index is 0. The van der Waals surface area contributed by atoms with Crippen LogP contribution in [0.15, 0.2) is 64.8 Å². The molecule has 0 atom stereocenters. The van der Waals surface area contributed by atoms with Crippen molar-refractivity contribution in [3.8, 4) is 0 Å². The summed E-state index contributed by atoms with van der Waals surface area (Å²) >= 11 is 1.70. The smallest absolute Gasteiger partial charge is 0.191 e. The van der Waals surface area contributed by atoms with Crippen molar-refractivity contribution in [2.75, 3.05) is 6.54 Å². The minimum Gasteiger partial charge on any atom is -0.357 e. The van der Waals surface area contributed by atoms with E-state index in [2.05, 4.69) is 73.2 Å². The van der Waals surface area contributed by atoms with Gasteiger partial charge in [-0.3, -0.25) is 0 Å². The van der Waals surface area contributed by atoms with E-state index in [-0.39, 0.29) is 24.0 Å². The molecule has 0 saturated heterocycles. The van der Waals surface area contributed by atoms with Gasteiger partial charge in [0.2, 0.25) is 0 Å². The second-order valence-electron chi connectivity index (χ2n) is 5.74. The van der Waals surface area contributed by atoms with Crippen LogP contribution in [0.5, 0.6) is 0 Å². The van der Waals surface area contributed by atoms with Crippen molar-refractivity contribution in [2.45, 2.75) is 26.6 Å². The molecule has 2 heterocycles. The molecule has 3 rings (SSSR count). The third-order valence-electron chi connectivity index (χ3n) is 3.72. The van der Waals surface area contributed by atoms with Gasteiger partial charge in [-0.05, 0) is 40.4 Å². The molecule has 1 aromatic carbocycles. The number of guanidine groups is 1. The van der Waals surface area contributed by atoms with E-state index in [0.717, 1.165) is 25.6 Å². The van der Waals surface area contributed by atoms with Crippen molar-refractivity contribution in [1.82, 2.24) is 20.2 Å². The van der Waals surface area contributed by atoms with E-state index in [1.807, 2.05) is 12.5 Å². The first-order chi connectivity index (χ1) is 12.3. The van der Waals surface area contributed by atoms with Gasteiger partial charge in [-0.25, -0.2) is 9.98 Å². The molecule has 0 spiro atoms. The molecular formula is C19H24IN5S. The van der Waals surface area contributed by atoms with Crippen LogP contribution in [0.25, 0.3) is 0 Å². The maximum absolute atomic E-state index is 4.64. The number of thiophene rings is 1. The fourth-order valence-corrected chi connectivity index (χ4v) is 3.17. The minimum absolute atomic E-state index is 0. The average molecular weight is 481 g/mol. The number of hydrogen-bond donors (Lipinski definition) is 2. The largest absolute Gasteiger partial charge is 0.357 e. The van der Waals surface area contributed by atoms with Gasteiger partial charge in [0.05, 0.1) is 12.9 Å². The fourth-order valence-electron chi connectivity index (χ4n) is 2.51. The quantitative estimate of drug-likeness (QED) is 0.306. The molecule has 0 bridgehead atoms. The summed E-state index contributed by atoms with van der Waals surface area (Å²) in [5.41, 5.74) is 3.74. The Hall–Kier alpha value is -1.87. The molecule has 5 nitrogen and oxygen atoms in total. The molecule has 0 aliphatic carbocycles. The highest BCUT2D eigenvalue weighted by atomic mass is 127. The maximum atomic E-state index is 4.64. The number of nitrogens with zero attached hydrogens (tertiary/aromatic N) is 3. The number of aromatic nitrogens is 2. The van der Waals surface area contributed by atoms with Crippen molar-refractivity contribution in [3.05, 3.63) is 76.5 Å². The van der Waals surface area contributed by atoms with Gasteiger partial charge in [0.15, 0.2) is 5.96 Å². The van der Waals surface area contributed by atoms with Crippen LogP contribution in [-0.4, -0.2) is 22.1 Å². The number of benzene rings is 1. The van der Waals surface area contributed by atoms with Crippen LogP contribution < -0.4 is 10.6 Å². The number of rotatable bonds is 7. The Morgan fingerprint density at radius 1 is 1.19 bits per heavy atom. The number of hydrogen-bond acceptors (Lipinski definition) is 3. The lowest BCUT2D eigenvalue weighted by Crippen LogP contribution is -2.36. The Morgan fingerprint density at radius 3 is 2.81 bits per heavy atom. The molecule has 2 N–H and O–H groups in total. The van der Waals surface area contributed by atoms with Gasteiger partial charge in [0.25, 0.3) is 0 Å². The summed E-state index contributed by atoms with van der Waals surface area (Å²) in [7, 11) is 0. The number of halogens is 1. The monoisotopic (exact) mass is 481 g/mol. The lowest BCUT2D eigenvalue weighted by atomic mass is 10.1. The van der Waals surface area contributed by atoms with Crippen LogP contribution in [0.2, 0.25) is 0 Å². The van der Waals surface area contributed by atoms with E-state index in [9.17, 15) is 0 Å². The van der Waals surface area contributed by atoms with Gasteiger partial charge >= 0.3 is 0 Å². The molecular weight excluding hydrogens is 457 g/mol. The summed E-state index contributed by atoms with van der Waals surface area (Å²) in [5.74, 6) is 0.841. The van der Waals surface area contributed by atoms with Crippen LogP contribution in [0.3, 0.4) is 0 Å². The van der Waals surface area contributed by atoms with Crippen molar-refractivity contribution in [1.29, 1.82) is 0 Å². The first kappa shape index (κ1) is 20.4. The first-order valence-electron chi connectivity index (χ1n) is 8.40. The SMILES string of the molecule is CCNC(=NCc1ccsc1)NCc1cccc(Cn2ccnc2)c1.I. The predicted octanol–water partition coefficient (Wildman–Crippen LogP) is 3.87. The molecule has 0 aliphatic heterocycles. The van der Waals surface area contributed by atoms with Crippen LogP contribution in [0.4, 0.5) is 0 Å². The molecule has 26 heavy (non-hydrogen) atoms. The Bertz CT molecular complexity index is 784. The van der Waals surface area contributed by atoms with E-state index < -0.39 is 0 Å². The molecule has 0 unspecified atom stereocenters. The summed E-state index contributed by atoms with van der Waals surface area (Å²) in [6, 6.07) is 10.7. The third kappa shape index (κ3) is 6.45. The van der Waals surface area contributed by atoms with E-state index in [0.29, 0.717) is 6.54 Å². The second-order valence-corrected chi connectivity index (χ2v) is 6.52. The van der Waals surface area contributed by atoms with Gasteiger partial charge in [0.1, 0.15) is 0 Å². The van der Waals surface area contributed by atoms with Crippen molar-refractivity contribution >= 4 is 41.3 Å². The highest BCUT2D eigenvalue weighted by Gasteiger charge is 2.01. The number of nitrogens with one attached hydrogen (secondary N) is 2. The van der Waals surface area contributed by atoms with Crippen LogP contribution >= 0.6 is 35.3 Å². The average Bonchev–Trinajstić information content (AvgIpc) is 3.31. The zero-order valence-corrected chi connectivity index (χ0v) is 17.9. The zero-order chi connectivity index (χ0) is 17.3. The van der Waals surface area contributed by atoms with E-state index in [1.165, 1.54) is 16.7 Å². The molecule has 7 heteroatoms.